The third-order valence-corrected chi connectivity index (χ3v) is 5.75. The van der Waals surface area contributed by atoms with Gasteiger partial charge < -0.3 is 4.74 Å². The molecule has 1 nitrogen and oxygen atoms in total. The summed E-state index contributed by atoms with van der Waals surface area (Å²) in [6.45, 7) is 12.9. The van der Waals surface area contributed by atoms with Crippen LogP contribution in [0.4, 0.5) is 0 Å². The molecular weight excluding hydrogens is 352 g/mol. The lowest BCUT2D eigenvalue weighted by atomic mass is 9.84. The van der Waals surface area contributed by atoms with Gasteiger partial charge in [-0.25, -0.2) is 0 Å². The molecule has 0 saturated carbocycles. The van der Waals surface area contributed by atoms with Gasteiger partial charge in [0.25, 0.3) is 0 Å². The summed E-state index contributed by atoms with van der Waals surface area (Å²) in [5, 5.41) is 0. The van der Waals surface area contributed by atoms with E-state index in [1.807, 2.05) is 12.2 Å². The third kappa shape index (κ3) is 7.01. The highest BCUT2D eigenvalue weighted by Crippen LogP contribution is 2.36. The molecule has 0 aliphatic heterocycles. The fraction of sp³-hybridized carbons (Fsp3) is 0.429. The molecule has 29 heavy (non-hydrogen) atoms. The number of ether oxygens (including phenoxy) is 1. The van der Waals surface area contributed by atoms with E-state index in [2.05, 4.69) is 87.7 Å². The lowest BCUT2D eigenvalue weighted by Crippen LogP contribution is -2.45. The molecule has 0 amide bonds. The summed E-state index contributed by atoms with van der Waals surface area (Å²) in [6.07, 6.45) is 12.2. The van der Waals surface area contributed by atoms with Crippen LogP contribution in [0, 0.1) is 0 Å². The van der Waals surface area contributed by atoms with Crippen molar-refractivity contribution in [2.24, 2.45) is 0 Å². The van der Waals surface area contributed by atoms with Gasteiger partial charge in [-0.15, -0.1) is 13.2 Å². The molecule has 0 bridgehead atoms. The lowest BCUT2D eigenvalue weighted by molar-refractivity contribution is -0.116. The average molecular weight is 391 g/mol. The van der Waals surface area contributed by atoms with E-state index in [0.29, 0.717) is 0 Å². The second-order valence-electron chi connectivity index (χ2n) is 8.17. The number of unbranched alkanes of at least 4 members (excludes halogenated alkanes) is 2. The molecule has 0 saturated heterocycles. The van der Waals surface area contributed by atoms with Crippen LogP contribution in [0.5, 0.6) is 0 Å². The van der Waals surface area contributed by atoms with Crippen LogP contribution >= 0.6 is 0 Å². The van der Waals surface area contributed by atoms with Crippen molar-refractivity contribution < 1.29 is 4.74 Å². The van der Waals surface area contributed by atoms with Crippen molar-refractivity contribution in [1.29, 1.82) is 0 Å². The minimum Gasteiger partial charge on any atom is -0.360 e. The predicted octanol–water partition coefficient (Wildman–Crippen LogP) is 7.72. The molecule has 2 rings (SSSR count). The van der Waals surface area contributed by atoms with E-state index in [4.69, 9.17) is 4.74 Å². The zero-order valence-corrected chi connectivity index (χ0v) is 18.4. The first-order chi connectivity index (χ1) is 14.1. The van der Waals surface area contributed by atoms with Crippen molar-refractivity contribution >= 4 is 0 Å². The second kappa shape index (κ2) is 11.8. The zero-order valence-electron chi connectivity index (χ0n) is 18.4. The molecule has 0 fully saturated rings. The van der Waals surface area contributed by atoms with Gasteiger partial charge in [-0.2, -0.15) is 0 Å². The van der Waals surface area contributed by atoms with E-state index in [9.17, 15) is 0 Å². The highest BCUT2D eigenvalue weighted by molar-refractivity contribution is 5.23. The largest absolute Gasteiger partial charge is 0.360 e. The maximum absolute atomic E-state index is 7.10. The van der Waals surface area contributed by atoms with Crippen LogP contribution in [0.2, 0.25) is 0 Å². The molecule has 2 atom stereocenters. The number of hydrogen-bond acceptors (Lipinski definition) is 1. The lowest BCUT2D eigenvalue weighted by Gasteiger charge is -2.42. The van der Waals surface area contributed by atoms with Crippen LogP contribution in [0.1, 0.15) is 63.5 Å². The van der Waals surface area contributed by atoms with E-state index < -0.39 is 11.2 Å². The fourth-order valence-electron chi connectivity index (χ4n) is 4.02. The van der Waals surface area contributed by atoms with Gasteiger partial charge in [0.15, 0.2) is 0 Å². The van der Waals surface area contributed by atoms with Crippen LogP contribution in [-0.4, -0.2) is 11.2 Å². The summed E-state index contributed by atoms with van der Waals surface area (Å²) in [5.41, 5.74) is 1.79. The smallest absolute Gasteiger partial charge is 0.0912 e. The number of rotatable bonds is 14. The molecule has 0 spiro atoms. The fourth-order valence-corrected chi connectivity index (χ4v) is 4.02. The Labute approximate surface area is 178 Å². The quantitative estimate of drug-likeness (QED) is 0.300. The Balaban J connectivity index is 2.38. The Bertz CT molecular complexity index is 657. The van der Waals surface area contributed by atoms with E-state index in [1.165, 1.54) is 11.1 Å². The molecule has 0 aliphatic carbocycles. The molecule has 1 heteroatoms. The van der Waals surface area contributed by atoms with Crippen LogP contribution < -0.4 is 0 Å². The highest BCUT2D eigenvalue weighted by atomic mass is 16.5. The van der Waals surface area contributed by atoms with Crippen LogP contribution in [-0.2, 0) is 17.6 Å². The van der Waals surface area contributed by atoms with Crippen molar-refractivity contribution in [1.82, 2.24) is 0 Å². The van der Waals surface area contributed by atoms with Gasteiger partial charge in [-0.05, 0) is 24.0 Å². The van der Waals surface area contributed by atoms with Gasteiger partial charge in [0.05, 0.1) is 11.2 Å². The molecule has 2 aromatic rings. The summed E-state index contributed by atoms with van der Waals surface area (Å²) < 4.78 is 7.10. The molecule has 0 aromatic heterocycles. The molecule has 0 N–H and O–H groups in total. The Morgan fingerprint density at radius 3 is 1.38 bits per heavy atom. The maximum atomic E-state index is 7.10. The van der Waals surface area contributed by atoms with Crippen LogP contribution in [0.3, 0.4) is 0 Å². The van der Waals surface area contributed by atoms with Crippen molar-refractivity contribution in [2.45, 2.75) is 76.4 Å². The summed E-state index contributed by atoms with van der Waals surface area (Å²) in [6, 6.07) is 21.3. The Hall–Kier alpha value is -2.12. The summed E-state index contributed by atoms with van der Waals surface area (Å²) in [4.78, 5) is 0. The molecule has 0 radical (unpaired) electrons. The first kappa shape index (κ1) is 23.2. The minimum atomic E-state index is -0.395. The second-order valence-corrected chi connectivity index (χ2v) is 8.17. The van der Waals surface area contributed by atoms with Gasteiger partial charge in [0.2, 0.25) is 0 Å². The van der Waals surface area contributed by atoms with Gasteiger partial charge >= 0.3 is 0 Å². The Morgan fingerprint density at radius 1 is 0.690 bits per heavy atom. The Kier molecular flexibility index (Phi) is 9.41. The predicted molar refractivity (Wildman–Crippen MR) is 126 cm³/mol. The van der Waals surface area contributed by atoms with Gasteiger partial charge in [-0.1, -0.05) is 112 Å². The zero-order chi connectivity index (χ0) is 21.0. The molecule has 2 unspecified atom stereocenters. The molecule has 2 aromatic carbocycles. The SMILES string of the molecule is C=CC(CCCC)(Cc1ccccc1)OC(C=C)(CCCC)Cc1ccccc1. The van der Waals surface area contributed by atoms with E-state index in [1.54, 1.807) is 0 Å². The van der Waals surface area contributed by atoms with Gasteiger partial charge in [0.1, 0.15) is 0 Å². The minimum absolute atomic E-state index is 0.395. The summed E-state index contributed by atoms with van der Waals surface area (Å²) in [7, 11) is 0. The standard InChI is InChI=1S/C28H38O/c1-5-9-21-27(7-3,23-25-17-13-11-14-18-25)29-28(8-4,22-10-6-2)24-26-19-15-12-16-20-26/h7-8,11-20H,3-6,9-10,21-24H2,1-2H3. The molecule has 0 aliphatic rings. The molecular formula is C28H38O. The highest BCUT2D eigenvalue weighted by Gasteiger charge is 2.38. The van der Waals surface area contributed by atoms with E-state index >= 15 is 0 Å². The average Bonchev–Trinajstić information content (AvgIpc) is 2.77. The summed E-state index contributed by atoms with van der Waals surface area (Å²) in [5.74, 6) is 0. The summed E-state index contributed by atoms with van der Waals surface area (Å²) >= 11 is 0. The number of hydrogen-bond donors (Lipinski definition) is 0. The first-order valence-corrected chi connectivity index (χ1v) is 11.2. The topological polar surface area (TPSA) is 9.23 Å². The molecule has 156 valence electrons. The van der Waals surface area contributed by atoms with Gasteiger partial charge in [0, 0.05) is 12.8 Å². The van der Waals surface area contributed by atoms with E-state index in [-0.39, 0.29) is 0 Å². The maximum Gasteiger partial charge on any atom is 0.0912 e. The normalized spacial score (nSPS) is 15.2. The van der Waals surface area contributed by atoms with Crippen molar-refractivity contribution in [3.05, 3.63) is 97.1 Å². The first-order valence-electron chi connectivity index (χ1n) is 11.2. The van der Waals surface area contributed by atoms with Crippen LogP contribution in [0.15, 0.2) is 86.0 Å². The number of benzene rings is 2. The monoisotopic (exact) mass is 390 g/mol. The Morgan fingerprint density at radius 2 is 1.07 bits per heavy atom. The van der Waals surface area contributed by atoms with Crippen LogP contribution in [0.25, 0.3) is 0 Å². The molecule has 0 heterocycles. The van der Waals surface area contributed by atoms with Crippen molar-refractivity contribution in [3.63, 3.8) is 0 Å². The van der Waals surface area contributed by atoms with Crippen molar-refractivity contribution in [2.75, 3.05) is 0 Å². The third-order valence-electron chi connectivity index (χ3n) is 5.75. The van der Waals surface area contributed by atoms with Crippen molar-refractivity contribution in [3.8, 4) is 0 Å². The van der Waals surface area contributed by atoms with Gasteiger partial charge in [-0.3, -0.25) is 0 Å². The van der Waals surface area contributed by atoms with E-state index in [0.717, 1.165) is 51.4 Å².